The molecule has 176 valence electrons. The number of likely N-dealkylation sites (N-methyl/N-ethyl adjacent to an activating group) is 1. The van der Waals surface area contributed by atoms with E-state index in [1.54, 1.807) is 12.4 Å². The van der Waals surface area contributed by atoms with Crippen molar-refractivity contribution in [2.24, 2.45) is 0 Å². The van der Waals surface area contributed by atoms with Crippen LogP contribution in [0.1, 0.15) is 24.0 Å². The van der Waals surface area contributed by atoms with Gasteiger partial charge in [-0.25, -0.2) is 9.97 Å². The third-order valence-corrected chi connectivity index (χ3v) is 6.95. The van der Waals surface area contributed by atoms with Crippen LogP contribution in [-0.2, 0) is 17.9 Å². The van der Waals surface area contributed by atoms with Gasteiger partial charge in [0.25, 0.3) is 0 Å². The Morgan fingerprint density at radius 2 is 1.86 bits per heavy atom. The number of carbonyl (C=O) groups excluding carboxylic acids is 1. The highest BCUT2D eigenvalue weighted by Crippen LogP contribution is 2.30. The third-order valence-electron chi connectivity index (χ3n) is 6.95. The number of H-pyrrole nitrogens is 1. The standard InChI is InChI=1S/C27H27N7O/c1-33-12-2-3-24(33)27(35)34-16-20-5-4-19(13-21(20)17-34)26-28-11-10-25(32-26)31-23-8-6-18(7-9-23)22-14-29-30-15-22/h4-11,13-15,24H,2-3,12,16-17H2,1H3,(H,29,30)(H,28,31,32)/t24-/m1/s1. The summed E-state index contributed by atoms with van der Waals surface area (Å²) in [4.78, 5) is 26.4. The molecule has 1 saturated heterocycles. The van der Waals surface area contributed by atoms with Gasteiger partial charge in [0.15, 0.2) is 5.82 Å². The smallest absolute Gasteiger partial charge is 0.240 e. The molecule has 4 aromatic rings. The molecule has 35 heavy (non-hydrogen) atoms. The first-order valence-electron chi connectivity index (χ1n) is 11.9. The number of likely N-dealkylation sites (tertiary alicyclic amines) is 1. The lowest BCUT2D eigenvalue weighted by Gasteiger charge is -2.24. The average molecular weight is 466 g/mol. The molecule has 4 heterocycles. The van der Waals surface area contributed by atoms with E-state index < -0.39 is 0 Å². The van der Waals surface area contributed by atoms with Crippen molar-refractivity contribution in [2.45, 2.75) is 32.0 Å². The number of hydrogen-bond acceptors (Lipinski definition) is 6. The van der Waals surface area contributed by atoms with Crippen LogP contribution >= 0.6 is 0 Å². The molecule has 2 aromatic carbocycles. The fourth-order valence-electron chi connectivity index (χ4n) is 4.99. The van der Waals surface area contributed by atoms with E-state index in [9.17, 15) is 4.79 Å². The number of fused-ring (bicyclic) bond motifs is 1. The molecule has 2 N–H and O–H groups in total. The second-order valence-electron chi connectivity index (χ2n) is 9.27. The van der Waals surface area contributed by atoms with Gasteiger partial charge in [-0.05, 0) is 67.4 Å². The topological polar surface area (TPSA) is 90.0 Å². The summed E-state index contributed by atoms with van der Waals surface area (Å²) in [6.45, 7) is 2.32. The zero-order valence-electron chi connectivity index (χ0n) is 19.6. The molecule has 1 fully saturated rings. The molecular weight excluding hydrogens is 438 g/mol. The van der Waals surface area contributed by atoms with Gasteiger partial charge in [-0.1, -0.05) is 24.3 Å². The second-order valence-corrected chi connectivity index (χ2v) is 9.27. The Morgan fingerprint density at radius 3 is 2.63 bits per heavy atom. The van der Waals surface area contributed by atoms with E-state index in [2.05, 4.69) is 37.5 Å². The van der Waals surface area contributed by atoms with E-state index in [1.807, 2.05) is 54.5 Å². The number of nitrogens with zero attached hydrogens (tertiary/aromatic N) is 5. The van der Waals surface area contributed by atoms with E-state index in [1.165, 1.54) is 11.1 Å². The highest BCUT2D eigenvalue weighted by molar-refractivity contribution is 5.83. The van der Waals surface area contributed by atoms with Crippen LogP contribution in [0.5, 0.6) is 0 Å². The van der Waals surface area contributed by atoms with Crippen molar-refractivity contribution in [3.8, 4) is 22.5 Å². The van der Waals surface area contributed by atoms with Gasteiger partial charge < -0.3 is 10.2 Å². The fourth-order valence-corrected chi connectivity index (χ4v) is 4.99. The van der Waals surface area contributed by atoms with Crippen LogP contribution < -0.4 is 5.32 Å². The predicted molar refractivity (Wildman–Crippen MR) is 135 cm³/mol. The Kier molecular flexibility index (Phi) is 5.50. The van der Waals surface area contributed by atoms with Gasteiger partial charge >= 0.3 is 0 Å². The van der Waals surface area contributed by atoms with Crippen LogP contribution in [0.4, 0.5) is 11.5 Å². The van der Waals surface area contributed by atoms with Crippen LogP contribution in [0.2, 0.25) is 0 Å². The Bertz CT molecular complexity index is 1350. The van der Waals surface area contributed by atoms with Gasteiger partial charge in [-0.2, -0.15) is 5.10 Å². The summed E-state index contributed by atoms with van der Waals surface area (Å²) in [5.41, 5.74) is 6.42. The van der Waals surface area contributed by atoms with Crippen LogP contribution in [-0.4, -0.2) is 55.5 Å². The first-order valence-corrected chi connectivity index (χ1v) is 11.9. The number of amides is 1. The van der Waals surface area contributed by atoms with Crippen LogP contribution in [0.25, 0.3) is 22.5 Å². The monoisotopic (exact) mass is 465 g/mol. The number of carbonyl (C=O) groups is 1. The number of aromatic amines is 1. The normalized spacial score (nSPS) is 17.5. The predicted octanol–water partition coefficient (Wildman–Crippen LogP) is 4.21. The molecule has 8 heteroatoms. The molecule has 0 spiro atoms. The summed E-state index contributed by atoms with van der Waals surface area (Å²) >= 11 is 0. The Labute approximate surface area is 204 Å². The third kappa shape index (κ3) is 4.28. The first kappa shape index (κ1) is 21.5. The number of anilines is 2. The van der Waals surface area contributed by atoms with Crippen molar-refractivity contribution in [2.75, 3.05) is 18.9 Å². The number of rotatable bonds is 5. The van der Waals surface area contributed by atoms with Crippen molar-refractivity contribution in [3.63, 3.8) is 0 Å². The number of aromatic nitrogens is 4. The molecule has 6 rings (SSSR count). The molecule has 2 aliphatic rings. The number of hydrogen-bond donors (Lipinski definition) is 2. The van der Waals surface area contributed by atoms with Crippen molar-refractivity contribution in [3.05, 3.63) is 78.2 Å². The molecule has 1 atom stereocenters. The van der Waals surface area contributed by atoms with Crippen molar-refractivity contribution in [1.82, 2.24) is 30.0 Å². The van der Waals surface area contributed by atoms with Crippen LogP contribution in [0, 0.1) is 0 Å². The van der Waals surface area contributed by atoms with E-state index in [4.69, 9.17) is 4.98 Å². The summed E-state index contributed by atoms with van der Waals surface area (Å²) in [5, 5.41) is 10.2. The van der Waals surface area contributed by atoms with E-state index in [-0.39, 0.29) is 11.9 Å². The van der Waals surface area contributed by atoms with Gasteiger partial charge in [-0.3, -0.25) is 14.8 Å². The molecule has 1 amide bonds. The van der Waals surface area contributed by atoms with Gasteiger partial charge in [0.05, 0.1) is 12.2 Å². The number of benzene rings is 2. The first-order chi connectivity index (χ1) is 17.1. The zero-order chi connectivity index (χ0) is 23.8. The van der Waals surface area contributed by atoms with Gasteiger partial charge in [0.1, 0.15) is 5.82 Å². The summed E-state index contributed by atoms with van der Waals surface area (Å²) in [5.74, 6) is 1.63. The largest absolute Gasteiger partial charge is 0.340 e. The molecule has 0 saturated carbocycles. The van der Waals surface area contributed by atoms with Crippen molar-refractivity contribution in [1.29, 1.82) is 0 Å². The van der Waals surface area contributed by atoms with Gasteiger partial charge in [-0.15, -0.1) is 0 Å². The fraction of sp³-hybridized carbons (Fsp3) is 0.259. The van der Waals surface area contributed by atoms with Crippen LogP contribution in [0.15, 0.2) is 67.1 Å². The van der Waals surface area contributed by atoms with Crippen LogP contribution in [0.3, 0.4) is 0 Å². The second kappa shape index (κ2) is 8.96. The summed E-state index contributed by atoms with van der Waals surface area (Å²) in [7, 11) is 2.04. The van der Waals surface area contributed by atoms with Crippen molar-refractivity contribution < 1.29 is 4.79 Å². The highest BCUT2D eigenvalue weighted by Gasteiger charge is 2.34. The zero-order valence-corrected chi connectivity index (χ0v) is 19.6. The lowest BCUT2D eigenvalue weighted by atomic mass is 10.1. The quantitative estimate of drug-likeness (QED) is 0.459. The lowest BCUT2D eigenvalue weighted by Crippen LogP contribution is -2.41. The Hall–Kier alpha value is -4.04. The highest BCUT2D eigenvalue weighted by atomic mass is 16.2. The minimum atomic E-state index is 0.0172. The van der Waals surface area contributed by atoms with Gasteiger partial charge in [0.2, 0.25) is 5.91 Å². The Morgan fingerprint density at radius 1 is 1.03 bits per heavy atom. The molecular formula is C27H27N7O. The maximum absolute atomic E-state index is 13.0. The maximum Gasteiger partial charge on any atom is 0.240 e. The number of nitrogens with one attached hydrogen (secondary N) is 2. The molecule has 2 aromatic heterocycles. The SMILES string of the molecule is CN1CCC[C@@H]1C(=O)N1Cc2ccc(-c3nccc(Nc4ccc(-c5cn[nH]c5)cc4)n3)cc2C1. The molecule has 8 nitrogen and oxygen atoms in total. The average Bonchev–Trinajstić information content (AvgIpc) is 3.65. The summed E-state index contributed by atoms with van der Waals surface area (Å²) in [6.07, 6.45) is 7.49. The minimum Gasteiger partial charge on any atom is -0.340 e. The van der Waals surface area contributed by atoms with Crippen molar-refractivity contribution >= 4 is 17.4 Å². The Balaban J connectivity index is 1.17. The molecule has 0 unspecified atom stereocenters. The molecule has 0 bridgehead atoms. The molecule has 0 aliphatic carbocycles. The lowest BCUT2D eigenvalue weighted by molar-refractivity contribution is -0.136. The molecule has 2 aliphatic heterocycles. The summed E-state index contributed by atoms with van der Waals surface area (Å²) < 4.78 is 0. The molecule has 0 radical (unpaired) electrons. The van der Waals surface area contributed by atoms with E-state index in [0.717, 1.165) is 47.6 Å². The van der Waals surface area contributed by atoms with E-state index >= 15 is 0 Å². The minimum absolute atomic E-state index is 0.0172. The van der Waals surface area contributed by atoms with Gasteiger partial charge in [0, 0.05) is 42.3 Å². The summed E-state index contributed by atoms with van der Waals surface area (Å²) in [6, 6.07) is 16.3. The maximum atomic E-state index is 13.0. The van der Waals surface area contributed by atoms with E-state index in [0.29, 0.717) is 18.9 Å².